The smallest absolute Gasteiger partial charge is 0.238 e. The Morgan fingerprint density at radius 3 is 2.44 bits per heavy atom. The van der Waals surface area contributed by atoms with E-state index in [-0.39, 0.29) is 11.8 Å². The summed E-state index contributed by atoms with van der Waals surface area (Å²) in [5.74, 6) is 0.281. The van der Waals surface area contributed by atoms with Crippen molar-refractivity contribution >= 4 is 34.2 Å². The van der Waals surface area contributed by atoms with E-state index < -0.39 is 6.10 Å². The summed E-state index contributed by atoms with van der Waals surface area (Å²) in [5.41, 5.74) is 1.85. The average molecular weight is 450 g/mol. The number of nitrogens with zero attached hydrogens (tertiary/aromatic N) is 1. The van der Waals surface area contributed by atoms with E-state index in [2.05, 4.69) is 32.8 Å². The molecule has 132 valence electrons. The minimum atomic E-state index is -0.414. The Hall–Kier alpha value is -1.44. The summed E-state index contributed by atoms with van der Waals surface area (Å²) in [6, 6.07) is 17.6. The largest absolute Gasteiger partial charge is 0.388 e. The predicted octanol–water partition coefficient (Wildman–Crippen LogP) is 3.68. The third kappa shape index (κ3) is 5.03. The van der Waals surface area contributed by atoms with Gasteiger partial charge in [0.2, 0.25) is 5.91 Å². The first-order chi connectivity index (χ1) is 12.1. The van der Waals surface area contributed by atoms with Crippen molar-refractivity contribution in [3.63, 3.8) is 0 Å². The number of nitrogens with one attached hydrogen (secondary N) is 1. The Bertz CT molecular complexity index is 700. The molecule has 0 bridgehead atoms. The van der Waals surface area contributed by atoms with Crippen LogP contribution in [0, 0.1) is 9.49 Å². The van der Waals surface area contributed by atoms with Gasteiger partial charge in [-0.2, -0.15) is 0 Å². The van der Waals surface area contributed by atoms with Crippen molar-refractivity contribution in [2.24, 2.45) is 5.92 Å². The van der Waals surface area contributed by atoms with Crippen molar-refractivity contribution < 1.29 is 9.90 Å². The van der Waals surface area contributed by atoms with Gasteiger partial charge in [-0.15, -0.1) is 0 Å². The van der Waals surface area contributed by atoms with Crippen molar-refractivity contribution in [3.05, 3.63) is 63.7 Å². The molecule has 1 amide bonds. The summed E-state index contributed by atoms with van der Waals surface area (Å²) < 4.78 is 1.04. The Kier molecular flexibility index (Phi) is 6.45. The zero-order valence-corrected chi connectivity index (χ0v) is 16.2. The summed E-state index contributed by atoms with van der Waals surface area (Å²) in [6.45, 7) is 2.08. The summed E-state index contributed by atoms with van der Waals surface area (Å²) >= 11 is 2.22. The minimum absolute atomic E-state index is 0.0196. The number of piperidine rings is 1. The number of aliphatic hydroxyl groups excluding tert-OH is 1. The molecule has 1 aliphatic heterocycles. The van der Waals surface area contributed by atoms with Crippen LogP contribution in [0.3, 0.4) is 0 Å². The van der Waals surface area contributed by atoms with E-state index in [9.17, 15) is 9.90 Å². The van der Waals surface area contributed by atoms with Gasteiger partial charge in [-0.25, -0.2) is 0 Å². The number of carbonyl (C=O) groups is 1. The molecule has 1 atom stereocenters. The summed E-state index contributed by atoms with van der Waals surface area (Å²) in [6.07, 6.45) is 1.40. The van der Waals surface area contributed by atoms with E-state index in [4.69, 9.17) is 0 Å². The van der Waals surface area contributed by atoms with Gasteiger partial charge in [0.1, 0.15) is 0 Å². The van der Waals surface area contributed by atoms with E-state index in [1.807, 2.05) is 54.6 Å². The van der Waals surface area contributed by atoms with Gasteiger partial charge in [0.05, 0.1) is 18.3 Å². The second-order valence-electron chi connectivity index (χ2n) is 6.50. The first kappa shape index (κ1) is 18.4. The van der Waals surface area contributed by atoms with Crippen molar-refractivity contribution in [2.45, 2.75) is 18.9 Å². The molecule has 1 unspecified atom stereocenters. The molecule has 0 spiro atoms. The molecule has 0 radical (unpaired) electrons. The number of benzene rings is 2. The highest BCUT2D eigenvalue weighted by molar-refractivity contribution is 14.1. The van der Waals surface area contributed by atoms with Gasteiger partial charge < -0.3 is 10.4 Å². The van der Waals surface area contributed by atoms with E-state index in [1.54, 1.807) is 0 Å². The predicted molar refractivity (Wildman–Crippen MR) is 108 cm³/mol. The van der Waals surface area contributed by atoms with Crippen LogP contribution in [0.15, 0.2) is 54.6 Å². The normalized spacial score (nSPS) is 17.2. The highest BCUT2D eigenvalue weighted by atomic mass is 127. The number of aliphatic hydroxyl groups is 1. The molecule has 0 aromatic heterocycles. The third-order valence-electron chi connectivity index (χ3n) is 4.74. The summed E-state index contributed by atoms with van der Waals surface area (Å²) in [5, 5.41) is 13.5. The van der Waals surface area contributed by atoms with Gasteiger partial charge in [-0.3, -0.25) is 9.69 Å². The second-order valence-corrected chi connectivity index (χ2v) is 7.66. The molecule has 3 rings (SSSR count). The van der Waals surface area contributed by atoms with E-state index in [0.717, 1.165) is 40.8 Å². The number of hydrogen-bond donors (Lipinski definition) is 2. The number of rotatable bonds is 5. The molecule has 25 heavy (non-hydrogen) atoms. The number of halogens is 1. The Labute approximate surface area is 162 Å². The standard InChI is InChI=1S/C20H23IN2O2/c21-17-8-4-5-9-18(17)22-19(24)14-23-12-10-16(11-13-23)20(25)15-6-2-1-3-7-15/h1-9,16,20,25H,10-14H2,(H,22,24). The fourth-order valence-corrected chi connectivity index (χ4v) is 3.83. The zero-order valence-electron chi connectivity index (χ0n) is 14.1. The lowest BCUT2D eigenvalue weighted by atomic mass is 9.87. The maximum absolute atomic E-state index is 12.3. The molecule has 5 heteroatoms. The van der Waals surface area contributed by atoms with Crippen LogP contribution in [0.1, 0.15) is 24.5 Å². The molecular weight excluding hydrogens is 427 g/mol. The monoisotopic (exact) mass is 450 g/mol. The van der Waals surface area contributed by atoms with Crippen LogP contribution in [0.25, 0.3) is 0 Å². The lowest BCUT2D eigenvalue weighted by molar-refractivity contribution is -0.117. The van der Waals surface area contributed by atoms with E-state index in [1.165, 1.54) is 0 Å². The molecule has 1 fully saturated rings. The Morgan fingerprint density at radius 1 is 1.12 bits per heavy atom. The van der Waals surface area contributed by atoms with Gasteiger partial charge in [0.15, 0.2) is 0 Å². The zero-order chi connectivity index (χ0) is 17.6. The highest BCUT2D eigenvalue weighted by Gasteiger charge is 2.26. The second kappa shape index (κ2) is 8.78. The minimum Gasteiger partial charge on any atom is -0.388 e. The van der Waals surface area contributed by atoms with Crippen molar-refractivity contribution in [2.75, 3.05) is 25.0 Å². The first-order valence-electron chi connectivity index (χ1n) is 8.63. The third-order valence-corrected chi connectivity index (χ3v) is 5.68. The molecule has 0 aliphatic carbocycles. The van der Waals surface area contributed by atoms with Crippen molar-refractivity contribution in [3.8, 4) is 0 Å². The van der Waals surface area contributed by atoms with Gasteiger partial charge in [-0.05, 0) is 72.1 Å². The van der Waals surface area contributed by atoms with Gasteiger partial charge >= 0.3 is 0 Å². The quantitative estimate of drug-likeness (QED) is 0.684. The molecule has 1 aliphatic rings. The fraction of sp³-hybridized carbons (Fsp3) is 0.350. The first-order valence-corrected chi connectivity index (χ1v) is 9.71. The topological polar surface area (TPSA) is 52.6 Å². The van der Waals surface area contributed by atoms with E-state index in [0.29, 0.717) is 6.54 Å². The van der Waals surface area contributed by atoms with Gasteiger partial charge in [-0.1, -0.05) is 42.5 Å². The molecule has 2 aromatic carbocycles. The van der Waals surface area contributed by atoms with Crippen LogP contribution in [0.4, 0.5) is 5.69 Å². The van der Waals surface area contributed by atoms with Crippen LogP contribution in [-0.4, -0.2) is 35.5 Å². The van der Waals surface area contributed by atoms with Crippen LogP contribution in [-0.2, 0) is 4.79 Å². The van der Waals surface area contributed by atoms with E-state index >= 15 is 0 Å². The highest BCUT2D eigenvalue weighted by Crippen LogP contribution is 2.30. The lowest BCUT2D eigenvalue weighted by Gasteiger charge is -2.34. The number of carbonyl (C=O) groups excluding carboxylic acids is 1. The number of hydrogen-bond acceptors (Lipinski definition) is 3. The molecular formula is C20H23IN2O2. The molecule has 2 aromatic rings. The van der Waals surface area contributed by atoms with Crippen LogP contribution in [0.2, 0.25) is 0 Å². The molecule has 4 nitrogen and oxygen atoms in total. The number of anilines is 1. The number of para-hydroxylation sites is 1. The maximum atomic E-state index is 12.3. The molecule has 1 heterocycles. The van der Waals surface area contributed by atoms with Gasteiger partial charge in [0.25, 0.3) is 0 Å². The molecule has 1 saturated heterocycles. The molecule has 2 N–H and O–H groups in total. The lowest BCUT2D eigenvalue weighted by Crippen LogP contribution is -2.40. The summed E-state index contributed by atoms with van der Waals surface area (Å²) in [7, 11) is 0. The Morgan fingerprint density at radius 2 is 1.76 bits per heavy atom. The summed E-state index contributed by atoms with van der Waals surface area (Å²) in [4.78, 5) is 14.4. The van der Waals surface area contributed by atoms with Gasteiger partial charge in [0, 0.05) is 3.57 Å². The van der Waals surface area contributed by atoms with Crippen LogP contribution in [0.5, 0.6) is 0 Å². The SMILES string of the molecule is O=C(CN1CCC(C(O)c2ccccc2)CC1)Nc1ccccc1I. The van der Waals surface area contributed by atoms with Crippen molar-refractivity contribution in [1.82, 2.24) is 4.90 Å². The van der Waals surface area contributed by atoms with Crippen LogP contribution >= 0.6 is 22.6 Å². The van der Waals surface area contributed by atoms with Crippen LogP contribution < -0.4 is 5.32 Å². The number of likely N-dealkylation sites (tertiary alicyclic amines) is 1. The average Bonchev–Trinajstić information content (AvgIpc) is 2.64. The van der Waals surface area contributed by atoms with Crippen molar-refractivity contribution in [1.29, 1.82) is 0 Å². The number of amides is 1. The maximum Gasteiger partial charge on any atom is 0.238 e. The Balaban J connectivity index is 1.48. The fourth-order valence-electron chi connectivity index (χ4n) is 3.30. The molecule has 0 saturated carbocycles.